The van der Waals surface area contributed by atoms with Gasteiger partial charge >= 0.3 is 0 Å². The topological polar surface area (TPSA) is 98.1 Å². The second-order valence-electron chi connectivity index (χ2n) is 6.56. The molecule has 2 aromatic heterocycles. The van der Waals surface area contributed by atoms with Crippen LogP contribution in [-0.2, 0) is 6.54 Å². The Hall–Kier alpha value is -3.82. The van der Waals surface area contributed by atoms with E-state index in [4.69, 9.17) is 4.74 Å². The predicted octanol–water partition coefficient (Wildman–Crippen LogP) is 2.21. The summed E-state index contributed by atoms with van der Waals surface area (Å²) in [6.07, 6.45) is 3.62. The van der Waals surface area contributed by atoms with E-state index in [0.29, 0.717) is 36.9 Å². The van der Waals surface area contributed by atoms with Crippen LogP contribution in [0.5, 0.6) is 5.88 Å². The number of hydrogen-bond donors (Lipinski definition) is 2. The van der Waals surface area contributed by atoms with Gasteiger partial charge in [-0.15, -0.1) is 0 Å². The zero-order valence-electron chi connectivity index (χ0n) is 16.8. The number of benzene rings is 1. The number of rotatable bonds is 9. The normalized spacial score (nSPS) is 10.5. The SMILES string of the molecule is COc1ccnc(NCCCNC(=O)c2cccn(Cc3ccc(F)c(F)c3)c2=O)n1. The van der Waals surface area contributed by atoms with Crippen molar-refractivity contribution in [2.24, 2.45) is 0 Å². The highest BCUT2D eigenvalue weighted by atomic mass is 19.2. The van der Waals surface area contributed by atoms with Crippen molar-refractivity contribution in [1.29, 1.82) is 0 Å². The van der Waals surface area contributed by atoms with Crippen LogP contribution in [0.15, 0.2) is 53.6 Å². The molecular formula is C21H21F2N5O3. The summed E-state index contributed by atoms with van der Waals surface area (Å²) in [5, 5.41) is 5.70. The first-order chi connectivity index (χ1) is 15.0. The van der Waals surface area contributed by atoms with E-state index in [1.165, 1.54) is 30.0 Å². The summed E-state index contributed by atoms with van der Waals surface area (Å²) in [6, 6.07) is 8.01. The van der Waals surface area contributed by atoms with Gasteiger partial charge in [-0.25, -0.2) is 13.8 Å². The molecule has 0 radical (unpaired) electrons. The Morgan fingerprint density at radius 1 is 1.16 bits per heavy atom. The van der Waals surface area contributed by atoms with Crippen molar-refractivity contribution in [2.75, 3.05) is 25.5 Å². The molecule has 0 spiro atoms. The van der Waals surface area contributed by atoms with Gasteiger partial charge in [-0.2, -0.15) is 4.98 Å². The molecule has 1 aromatic carbocycles. The van der Waals surface area contributed by atoms with Gasteiger partial charge in [-0.05, 0) is 36.2 Å². The van der Waals surface area contributed by atoms with Gasteiger partial charge in [0.05, 0.1) is 13.7 Å². The van der Waals surface area contributed by atoms with Gasteiger partial charge in [0.25, 0.3) is 11.5 Å². The fraction of sp³-hybridized carbons (Fsp3) is 0.238. The molecule has 0 bridgehead atoms. The summed E-state index contributed by atoms with van der Waals surface area (Å²) in [6.45, 7) is 0.845. The number of aromatic nitrogens is 3. The summed E-state index contributed by atoms with van der Waals surface area (Å²) in [5.41, 5.74) is -0.147. The van der Waals surface area contributed by atoms with Gasteiger partial charge < -0.3 is 19.9 Å². The quantitative estimate of drug-likeness (QED) is 0.506. The predicted molar refractivity (Wildman–Crippen MR) is 110 cm³/mol. The fourth-order valence-electron chi connectivity index (χ4n) is 2.80. The van der Waals surface area contributed by atoms with Crippen LogP contribution in [0.4, 0.5) is 14.7 Å². The Kier molecular flexibility index (Phi) is 7.26. The van der Waals surface area contributed by atoms with Crippen LogP contribution in [0, 0.1) is 11.6 Å². The third-order valence-electron chi connectivity index (χ3n) is 4.36. The molecule has 2 heterocycles. The average Bonchev–Trinajstić information content (AvgIpc) is 2.77. The Labute approximate surface area is 176 Å². The average molecular weight is 429 g/mol. The first-order valence-electron chi connectivity index (χ1n) is 9.50. The monoisotopic (exact) mass is 429 g/mol. The zero-order chi connectivity index (χ0) is 22.2. The molecule has 31 heavy (non-hydrogen) atoms. The number of nitrogens with one attached hydrogen (secondary N) is 2. The maximum absolute atomic E-state index is 13.4. The van der Waals surface area contributed by atoms with E-state index in [1.54, 1.807) is 18.3 Å². The van der Waals surface area contributed by atoms with E-state index in [2.05, 4.69) is 20.6 Å². The van der Waals surface area contributed by atoms with E-state index < -0.39 is 23.1 Å². The lowest BCUT2D eigenvalue weighted by Crippen LogP contribution is -2.33. The molecular weight excluding hydrogens is 408 g/mol. The number of anilines is 1. The van der Waals surface area contributed by atoms with Gasteiger partial charge in [0.15, 0.2) is 11.6 Å². The molecule has 10 heteroatoms. The molecule has 0 saturated heterocycles. The molecule has 3 rings (SSSR count). The van der Waals surface area contributed by atoms with Gasteiger partial charge in [0, 0.05) is 31.5 Å². The van der Waals surface area contributed by atoms with Gasteiger partial charge in [0.2, 0.25) is 11.8 Å². The van der Waals surface area contributed by atoms with E-state index in [9.17, 15) is 18.4 Å². The van der Waals surface area contributed by atoms with Crippen LogP contribution in [0.1, 0.15) is 22.3 Å². The van der Waals surface area contributed by atoms with E-state index in [-0.39, 0.29) is 12.1 Å². The highest BCUT2D eigenvalue weighted by Gasteiger charge is 2.12. The lowest BCUT2D eigenvalue weighted by molar-refractivity contribution is 0.0951. The maximum Gasteiger partial charge on any atom is 0.263 e. The number of nitrogens with zero attached hydrogens (tertiary/aromatic N) is 3. The summed E-state index contributed by atoms with van der Waals surface area (Å²) in [7, 11) is 1.51. The molecule has 1 amide bonds. The minimum atomic E-state index is -0.993. The van der Waals surface area contributed by atoms with Crippen molar-refractivity contribution in [1.82, 2.24) is 19.9 Å². The Morgan fingerprint density at radius 3 is 2.77 bits per heavy atom. The minimum absolute atomic E-state index is 0.0155. The smallest absolute Gasteiger partial charge is 0.263 e. The molecule has 0 aliphatic rings. The number of pyridine rings is 1. The third-order valence-corrected chi connectivity index (χ3v) is 4.36. The Bertz CT molecular complexity index is 1120. The summed E-state index contributed by atoms with van der Waals surface area (Å²) in [4.78, 5) is 33.2. The van der Waals surface area contributed by atoms with Crippen molar-refractivity contribution in [3.63, 3.8) is 0 Å². The second-order valence-corrected chi connectivity index (χ2v) is 6.56. The number of ether oxygens (including phenoxy) is 1. The van der Waals surface area contributed by atoms with Crippen molar-refractivity contribution in [2.45, 2.75) is 13.0 Å². The van der Waals surface area contributed by atoms with E-state index >= 15 is 0 Å². The highest BCUT2D eigenvalue weighted by molar-refractivity contribution is 5.93. The molecule has 162 valence electrons. The fourth-order valence-corrected chi connectivity index (χ4v) is 2.80. The zero-order valence-corrected chi connectivity index (χ0v) is 16.8. The Morgan fingerprint density at radius 2 is 2.00 bits per heavy atom. The second kappa shape index (κ2) is 10.3. The summed E-state index contributed by atoms with van der Waals surface area (Å²) >= 11 is 0. The molecule has 3 aromatic rings. The lowest BCUT2D eigenvalue weighted by Gasteiger charge is -2.10. The van der Waals surface area contributed by atoms with Crippen LogP contribution < -0.4 is 20.9 Å². The molecule has 0 aliphatic carbocycles. The molecule has 0 aliphatic heterocycles. The van der Waals surface area contributed by atoms with E-state index in [1.807, 2.05) is 0 Å². The van der Waals surface area contributed by atoms with Crippen molar-refractivity contribution >= 4 is 11.9 Å². The number of halogens is 2. The summed E-state index contributed by atoms with van der Waals surface area (Å²) < 4.78 is 32.8. The maximum atomic E-state index is 13.4. The first-order valence-corrected chi connectivity index (χ1v) is 9.50. The van der Waals surface area contributed by atoms with Crippen LogP contribution >= 0.6 is 0 Å². The first kappa shape index (κ1) is 21.9. The number of carbonyl (C=O) groups is 1. The van der Waals surface area contributed by atoms with Crippen molar-refractivity contribution in [3.8, 4) is 5.88 Å². The highest BCUT2D eigenvalue weighted by Crippen LogP contribution is 2.10. The van der Waals surface area contributed by atoms with Crippen LogP contribution in [0.3, 0.4) is 0 Å². The molecule has 0 atom stereocenters. The molecule has 0 fully saturated rings. The van der Waals surface area contributed by atoms with E-state index in [0.717, 1.165) is 12.1 Å². The largest absolute Gasteiger partial charge is 0.481 e. The van der Waals surface area contributed by atoms with Crippen LogP contribution in [0.25, 0.3) is 0 Å². The Balaban J connectivity index is 1.53. The molecule has 8 nitrogen and oxygen atoms in total. The van der Waals surface area contributed by atoms with Crippen molar-refractivity contribution in [3.05, 3.63) is 81.9 Å². The number of carbonyl (C=O) groups excluding carboxylic acids is 1. The number of hydrogen-bond acceptors (Lipinski definition) is 6. The van der Waals surface area contributed by atoms with Gasteiger partial charge in [0.1, 0.15) is 5.56 Å². The lowest BCUT2D eigenvalue weighted by atomic mass is 10.2. The molecule has 0 unspecified atom stereocenters. The minimum Gasteiger partial charge on any atom is -0.481 e. The molecule has 0 saturated carbocycles. The number of methoxy groups -OCH3 is 1. The standard InChI is InChI=1S/C21H21F2N5O3/c1-31-18-7-10-26-21(27-18)25-9-3-8-24-19(29)15-4-2-11-28(20(15)30)13-14-5-6-16(22)17(23)12-14/h2,4-7,10-12H,3,8-9,13H2,1H3,(H,24,29)(H,25,26,27). The van der Waals surface area contributed by atoms with Crippen LogP contribution in [-0.4, -0.2) is 40.6 Å². The van der Waals surface area contributed by atoms with Crippen LogP contribution in [0.2, 0.25) is 0 Å². The van der Waals surface area contributed by atoms with Gasteiger partial charge in [-0.3, -0.25) is 9.59 Å². The van der Waals surface area contributed by atoms with Gasteiger partial charge in [-0.1, -0.05) is 6.07 Å². The summed E-state index contributed by atoms with van der Waals surface area (Å²) in [5.74, 6) is -1.62. The number of amides is 1. The third kappa shape index (κ3) is 5.84. The molecule has 2 N–H and O–H groups in total. The van der Waals surface area contributed by atoms with Crippen molar-refractivity contribution < 1.29 is 18.3 Å².